The molecule has 0 aliphatic rings. The van der Waals surface area contributed by atoms with E-state index in [9.17, 15) is 9.90 Å². The minimum Gasteiger partial charge on any atom is -0.481 e. The molecule has 31 heavy (non-hydrogen) atoms. The van der Waals surface area contributed by atoms with E-state index in [-0.39, 0.29) is 6.42 Å². The second-order valence-corrected chi connectivity index (χ2v) is 8.55. The molecule has 1 unspecified atom stereocenters. The van der Waals surface area contributed by atoms with Crippen molar-refractivity contribution in [3.05, 3.63) is 47.8 Å². The summed E-state index contributed by atoms with van der Waals surface area (Å²) in [5, 5.41) is 24.0. The number of aliphatic hydroxyl groups excluding tert-OH is 1. The summed E-state index contributed by atoms with van der Waals surface area (Å²) < 4.78 is 1.94. The standard InChI is InChI=1S/C26H38N2O3/c1-4-5-6-7-8-9-10-12-22-17-21(23-18-27-28(19-23)20(2)3)15-16-24(22)25(29)13-11-14-26(30)31/h10,12,15-20,25,29H,4-9,11,13-14H2,1-3H3,(H,30,31)/b12-10+. The van der Waals surface area contributed by atoms with Gasteiger partial charge in [-0.25, -0.2) is 0 Å². The molecule has 0 fully saturated rings. The van der Waals surface area contributed by atoms with Gasteiger partial charge in [0.15, 0.2) is 0 Å². The lowest BCUT2D eigenvalue weighted by Crippen LogP contribution is -2.03. The van der Waals surface area contributed by atoms with Crippen molar-refractivity contribution in [1.82, 2.24) is 9.78 Å². The van der Waals surface area contributed by atoms with Crippen LogP contribution in [0.15, 0.2) is 36.7 Å². The molecular weight excluding hydrogens is 388 g/mol. The Morgan fingerprint density at radius 1 is 1.13 bits per heavy atom. The summed E-state index contributed by atoms with van der Waals surface area (Å²) in [4.78, 5) is 10.8. The molecule has 2 aromatic rings. The van der Waals surface area contributed by atoms with Crippen LogP contribution in [0.3, 0.4) is 0 Å². The first-order valence-electron chi connectivity index (χ1n) is 11.7. The Hall–Kier alpha value is -2.40. The molecule has 0 aliphatic heterocycles. The van der Waals surface area contributed by atoms with E-state index >= 15 is 0 Å². The maximum absolute atomic E-state index is 10.8. The molecule has 2 N–H and O–H groups in total. The van der Waals surface area contributed by atoms with Crippen molar-refractivity contribution in [2.45, 2.75) is 90.7 Å². The van der Waals surface area contributed by atoms with Crippen molar-refractivity contribution in [1.29, 1.82) is 0 Å². The lowest BCUT2D eigenvalue weighted by molar-refractivity contribution is -0.137. The van der Waals surface area contributed by atoms with Gasteiger partial charge in [0.05, 0.1) is 12.3 Å². The maximum atomic E-state index is 10.8. The Morgan fingerprint density at radius 2 is 1.90 bits per heavy atom. The quantitative estimate of drug-likeness (QED) is 0.326. The first kappa shape index (κ1) is 24.9. The number of allylic oxidation sites excluding steroid dienone is 1. The third-order valence-electron chi connectivity index (χ3n) is 5.55. The van der Waals surface area contributed by atoms with Gasteiger partial charge in [0.1, 0.15) is 0 Å². The van der Waals surface area contributed by atoms with Crippen LogP contribution in [0.1, 0.15) is 102 Å². The van der Waals surface area contributed by atoms with Crippen molar-refractivity contribution < 1.29 is 15.0 Å². The zero-order chi connectivity index (χ0) is 22.6. The van der Waals surface area contributed by atoms with Gasteiger partial charge in [-0.3, -0.25) is 9.48 Å². The smallest absolute Gasteiger partial charge is 0.303 e. The molecule has 0 bridgehead atoms. The SMILES string of the molecule is CCCCCCC/C=C/c1cc(-c2cnn(C(C)C)c2)ccc1C(O)CCCC(=O)O. The van der Waals surface area contributed by atoms with Crippen LogP contribution in [0.5, 0.6) is 0 Å². The number of unbranched alkanes of at least 4 members (excludes halogenated alkanes) is 5. The van der Waals surface area contributed by atoms with Crippen LogP contribution in [0.4, 0.5) is 0 Å². The van der Waals surface area contributed by atoms with Gasteiger partial charge in [-0.05, 0) is 62.3 Å². The van der Waals surface area contributed by atoms with Gasteiger partial charge in [-0.15, -0.1) is 0 Å². The lowest BCUT2D eigenvalue weighted by Gasteiger charge is -2.15. The fraction of sp³-hybridized carbons (Fsp3) is 0.538. The van der Waals surface area contributed by atoms with E-state index in [1.54, 1.807) is 0 Å². The van der Waals surface area contributed by atoms with E-state index < -0.39 is 12.1 Å². The van der Waals surface area contributed by atoms with Crippen LogP contribution in [0, 0.1) is 0 Å². The molecule has 1 heterocycles. The zero-order valence-corrected chi connectivity index (χ0v) is 19.3. The van der Waals surface area contributed by atoms with E-state index in [0.717, 1.165) is 28.7 Å². The number of aliphatic hydroxyl groups is 1. The van der Waals surface area contributed by atoms with Crippen LogP contribution in [0.2, 0.25) is 0 Å². The number of aliphatic carboxylic acids is 1. The van der Waals surface area contributed by atoms with Gasteiger partial charge in [-0.2, -0.15) is 5.10 Å². The van der Waals surface area contributed by atoms with E-state index in [0.29, 0.717) is 18.9 Å². The highest BCUT2D eigenvalue weighted by Crippen LogP contribution is 2.29. The number of hydrogen-bond acceptors (Lipinski definition) is 3. The van der Waals surface area contributed by atoms with Crippen LogP contribution in [0.25, 0.3) is 17.2 Å². The molecule has 1 atom stereocenters. The first-order valence-corrected chi connectivity index (χ1v) is 11.7. The zero-order valence-electron chi connectivity index (χ0n) is 19.3. The minimum absolute atomic E-state index is 0.0759. The fourth-order valence-electron chi connectivity index (χ4n) is 3.65. The highest BCUT2D eigenvalue weighted by Gasteiger charge is 2.14. The number of aromatic nitrogens is 2. The normalized spacial score (nSPS) is 12.7. The Bertz CT molecular complexity index is 839. The Morgan fingerprint density at radius 3 is 2.58 bits per heavy atom. The first-order chi connectivity index (χ1) is 14.9. The summed E-state index contributed by atoms with van der Waals surface area (Å²) in [5.74, 6) is -0.826. The van der Waals surface area contributed by atoms with Crippen LogP contribution >= 0.6 is 0 Å². The second-order valence-electron chi connectivity index (χ2n) is 8.55. The number of benzene rings is 1. The van der Waals surface area contributed by atoms with Crippen molar-refractivity contribution in [2.24, 2.45) is 0 Å². The number of rotatable bonds is 14. The maximum Gasteiger partial charge on any atom is 0.303 e. The highest BCUT2D eigenvalue weighted by molar-refractivity contribution is 5.68. The molecular formula is C26H38N2O3. The predicted octanol–water partition coefficient (Wildman–Crippen LogP) is 6.79. The molecule has 0 spiro atoms. The third-order valence-corrected chi connectivity index (χ3v) is 5.55. The van der Waals surface area contributed by atoms with Crippen molar-refractivity contribution in [3.8, 4) is 11.1 Å². The van der Waals surface area contributed by atoms with Crippen LogP contribution in [-0.4, -0.2) is 26.0 Å². The van der Waals surface area contributed by atoms with E-state index in [1.807, 2.05) is 29.2 Å². The van der Waals surface area contributed by atoms with Gasteiger partial charge in [0.2, 0.25) is 0 Å². The largest absolute Gasteiger partial charge is 0.481 e. The van der Waals surface area contributed by atoms with E-state index in [4.69, 9.17) is 5.11 Å². The van der Waals surface area contributed by atoms with Crippen molar-refractivity contribution >= 4 is 12.0 Å². The van der Waals surface area contributed by atoms with Gasteiger partial charge in [-0.1, -0.05) is 56.9 Å². The number of nitrogens with zero attached hydrogens (tertiary/aromatic N) is 2. The van der Waals surface area contributed by atoms with E-state index in [2.05, 4.69) is 44.1 Å². The summed E-state index contributed by atoms with van der Waals surface area (Å²) >= 11 is 0. The molecule has 0 radical (unpaired) electrons. The molecule has 0 aliphatic carbocycles. The van der Waals surface area contributed by atoms with Crippen LogP contribution < -0.4 is 0 Å². The Labute approximate surface area is 186 Å². The van der Waals surface area contributed by atoms with Crippen molar-refractivity contribution in [2.75, 3.05) is 0 Å². The third kappa shape index (κ3) is 8.33. The molecule has 5 nitrogen and oxygen atoms in total. The number of carboxylic acids is 1. The molecule has 0 amide bonds. The summed E-state index contributed by atoms with van der Waals surface area (Å²) in [6, 6.07) is 6.38. The Balaban J connectivity index is 2.17. The summed E-state index contributed by atoms with van der Waals surface area (Å²) in [7, 11) is 0. The summed E-state index contributed by atoms with van der Waals surface area (Å²) in [6.45, 7) is 6.42. The lowest BCUT2D eigenvalue weighted by atomic mass is 9.94. The second kappa shape index (κ2) is 13.1. The highest BCUT2D eigenvalue weighted by atomic mass is 16.4. The minimum atomic E-state index is -0.826. The van der Waals surface area contributed by atoms with Gasteiger partial charge >= 0.3 is 5.97 Å². The molecule has 1 aromatic heterocycles. The average molecular weight is 427 g/mol. The number of carbonyl (C=O) groups is 1. The molecule has 2 rings (SSSR count). The molecule has 170 valence electrons. The molecule has 0 saturated heterocycles. The van der Waals surface area contributed by atoms with Crippen LogP contribution in [-0.2, 0) is 4.79 Å². The van der Waals surface area contributed by atoms with Gasteiger partial charge < -0.3 is 10.2 Å². The average Bonchev–Trinajstić information content (AvgIpc) is 3.23. The molecule has 1 aromatic carbocycles. The molecule has 0 saturated carbocycles. The number of carboxylic acid groups (broad SMARTS) is 1. The summed E-state index contributed by atoms with van der Waals surface area (Å²) in [6.07, 6.45) is 15.8. The monoisotopic (exact) mass is 426 g/mol. The molecule has 5 heteroatoms. The van der Waals surface area contributed by atoms with Gasteiger partial charge in [0.25, 0.3) is 0 Å². The Kier molecular flexibility index (Phi) is 10.5. The van der Waals surface area contributed by atoms with E-state index in [1.165, 1.54) is 32.1 Å². The number of hydrogen-bond donors (Lipinski definition) is 2. The topological polar surface area (TPSA) is 75.3 Å². The predicted molar refractivity (Wildman–Crippen MR) is 127 cm³/mol. The van der Waals surface area contributed by atoms with Crippen molar-refractivity contribution in [3.63, 3.8) is 0 Å². The fourth-order valence-corrected chi connectivity index (χ4v) is 3.65. The summed E-state index contributed by atoms with van der Waals surface area (Å²) in [5.41, 5.74) is 3.96. The van der Waals surface area contributed by atoms with Gasteiger partial charge in [0, 0.05) is 24.2 Å².